The number of nitrogens with one attached hydrogen (secondary N) is 3. The van der Waals surface area contributed by atoms with E-state index < -0.39 is 0 Å². The first-order valence-electron chi connectivity index (χ1n) is 8.65. The molecule has 0 saturated heterocycles. The van der Waals surface area contributed by atoms with Gasteiger partial charge in [-0.25, -0.2) is 4.98 Å². The summed E-state index contributed by atoms with van der Waals surface area (Å²) in [6.07, 6.45) is 12.4. The average molecular weight is 325 g/mol. The van der Waals surface area contributed by atoms with Gasteiger partial charge in [-0.1, -0.05) is 0 Å². The first kappa shape index (κ1) is 15.4. The van der Waals surface area contributed by atoms with Crippen LogP contribution in [-0.2, 0) is 0 Å². The number of hydrogen-bond acceptors (Lipinski definition) is 4. The molecule has 3 heterocycles. The van der Waals surface area contributed by atoms with Gasteiger partial charge in [0.2, 0.25) is 0 Å². The molecular weight excluding hydrogens is 302 g/mol. The van der Waals surface area contributed by atoms with Crippen molar-refractivity contribution in [2.45, 2.75) is 37.6 Å². The van der Waals surface area contributed by atoms with Crippen molar-refractivity contribution in [2.24, 2.45) is 0 Å². The zero-order valence-electron chi connectivity index (χ0n) is 13.6. The minimum absolute atomic E-state index is 0.213. The van der Waals surface area contributed by atoms with Gasteiger partial charge in [0, 0.05) is 47.7 Å². The summed E-state index contributed by atoms with van der Waals surface area (Å²) in [5, 5.41) is 20.4. The zero-order chi connectivity index (χ0) is 16.4. The molecule has 3 aromatic rings. The van der Waals surface area contributed by atoms with E-state index in [4.69, 9.17) is 5.11 Å². The van der Waals surface area contributed by atoms with E-state index in [1.807, 2.05) is 24.8 Å². The highest BCUT2D eigenvalue weighted by Crippen LogP contribution is 2.35. The third kappa shape index (κ3) is 2.95. The van der Waals surface area contributed by atoms with Gasteiger partial charge >= 0.3 is 0 Å². The van der Waals surface area contributed by atoms with Crippen LogP contribution in [0.1, 0.15) is 37.2 Å². The molecule has 1 saturated carbocycles. The molecule has 0 spiro atoms. The summed E-state index contributed by atoms with van der Waals surface area (Å²) in [6, 6.07) is 2.83. The molecule has 4 rings (SSSR count). The lowest BCUT2D eigenvalue weighted by Gasteiger charge is -2.29. The number of fused-ring (bicyclic) bond motifs is 1. The number of H-pyrrole nitrogens is 2. The molecule has 0 amide bonds. The van der Waals surface area contributed by atoms with E-state index in [0.717, 1.165) is 35.0 Å². The Kier molecular flexibility index (Phi) is 4.32. The van der Waals surface area contributed by atoms with Crippen LogP contribution in [0.3, 0.4) is 0 Å². The van der Waals surface area contributed by atoms with E-state index in [2.05, 4.69) is 31.5 Å². The largest absolute Gasteiger partial charge is 0.395 e. The Morgan fingerprint density at radius 1 is 1.17 bits per heavy atom. The lowest BCUT2D eigenvalue weighted by molar-refractivity contribution is 0.267. The standard InChI is InChI=1S/C18H23N5O/c24-6-5-19-15-3-1-12(2-4-15)13-7-16-17(14-9-22-23-10-14)11-21-18(16)20-8-13/h7-12,15,19,24H,1-6H2,(H,20,21)(H,22,23). The Bertz CT molecular complexity index is 787. The molecule has 0 radical (unpaired) electrons. The van der Waals surface area contributed by atoms with Crippen LogP contribution in [0.25, 0.3) is 22.2 Å². The van der Waals surface area contributed by atoms with Crippen LogP contribution in [0.4, 0.5) is 0 Å². The van der Waals surface area contributed by atoms with Crippen molar-refractivity contribution in [3.8, 4) is 11.1 Å². The lowest BCUT2D eigenvalue weighted by Crippen LogP contribution is -2.34. The van der Waals surface area contributed by atoms with Crippen LogP contribution < -0.4 is 5.32 Å². The minimum Gasteiger partial charge on any atom is -0.395 e. The molecule has 6 nitrogen and oxygen atoms in total. The number of aromatic nitrogens is 4. The second-order valence-electron chi connectivity index (χ2n) is 6.58. The Labute approximate surface area is 140 Å². The fraction of sp³-hybridized carbons (Fsp3) is 0.444. The first-order chi connectivity index (χ1) is 11.8. The predicted octanol–water partition coefficient (Wildman–Crippen LogP) is 2.56. The number of rotatable bonds is 5. The summed E-state index contributed by atoms with van der Waals surface area (Å²) in [4.78, 5) is 7.87. The summed E-state index contributed by atoms with van der Waals surface area (Å²) >= 11 is 0. The first-order valence-corrected chi connectivity index (χ1v) is 8.65. The normalized spacial score (nSPS) is 21.4. The third-order valence-corrected chi connectivity index (χ3v) is 5.10. The summed E-state index contributed by atoms with van der Waals surface area (Å²) in [6.45, 7) is 0.908. The second-order valence-corrected chi connectivity index (χ2v) is 6.58. The average Bonchev–Trinajstić information content (AvgIpc) is 3.29. The van der Waals surface area contributed by atoms with Crippen LogP contribution in [0.2, 0.25) is 0 Å². The highest BCUT2D eigenvalue weighted by Gasteiger charge is 2.23. The SMILES string of the molecule is OCCNC1CCC(c2cnc3[nH]cc(-c4cn[nH]c4)c3c2)CC1. The maximum absolute atomic E-state index is 8.93. The van der Waals surface area contributed by atoms with Gasteiger partial charge in [0.25, 0.3) is 0 Å². The molecule has 1 fully saturated rings. The number of pyridine rings is 1. The topological polar surface area (TPSA) is 89.6 Å². The van der Waals surface area contributed by atoms with Crippen molar-refractivity contribution in [3.05, 3.63) is 36.4 Å². The van der Waals surface area contributed by atoms with Gasteiger partial charge in [-0.05, 0) is 43.2 Å². The van der Waals surface area contributed by atoms with Gasteiger partial charge in [-0.2, -0.15) is 5.10 Å². The molecule has 0 aromatic carbocycles. The monoisotopic (exact) mass is 325 g/mol. The number of aliphatic hydroxyl groups is 1. The van der Waals surface area contributed by atoms with E-state index in [1.165, 1.54) is 18.4 Å². The summed E-state index contributed by atoms with van der Waals surface area (Å²) in [5.41, 5.74) is 4.48. The fourth-order valence-electron chi connectivity index (χ4n) is 3.78. The molecule has 24 heavy (non-hydrogen) atoms. The van der Waals surface area contributed by atoms with Gasteiger partial charge in [-0.15, -0.1) is 0 Å². The van der Waals surface area contributed by atoms with Gasteiger partial charge < -0.3 is 15.4 Å². The minimum atomic E-state index is 0.213. The Hall–Kier alpha value is -2.18. The summed E-state index contributed by atoms with van der Waals surface area (Å²) in [7, 11) is 0. The zero-order valence-corrected chi connectivity index (χ0v) is 13.6. The quantitative estimate of drug-likeness (QED) is 0.580. The fourth-order valence-corrected chi connectivity index (χ4v) is 3.78. The Balaban J connectivity index is 1.54. The predicted molar refractivity (Wildman–Crippen MR) is 93.8 cm³/mol. The van der Waals surface area contributed by atoms with Crippen LogP contribution in [0.5, 0.6) is 0 Å². The second kappa shape index (κ2) is 6.75. The molecule has 4 N–H and O–H groups in total. The van der Waals surface area contributed by atoms with Crippen molar-refractivity contribution in [3.63, 3.8) is 0 Å². The van der Waals surface area contributed by atoms with E-state index in [9.17, 15) is 0 Å². The molecule has 1 aliphatic carbocycles. The molecule has 6 heteroatoms. The smallest absolute Gasteiger partial charge is 0.137 e. The molecule has 0 atom stereocenters. The van der Waals surface area contributed by atoms with E-state index >= 15 is 0 Å². The maximum atomic E-state index is 8.93. The highest BCUT2D eigenvalue weighted by molar-refractivity contribution is 5.93. The van der Waals surface area contributed by atoms with Crippen molar-refractivity contribution in [2.75, 3.05) is 13.2 Å². The molecule has 1 aliphatic rings. The summed E-state index contributed by atoms with van der Waals surface area (Å²) in [5.74, 6) is 0.571. The van der Waals surface area contributed by atoms with E-state index in [0.29, 0.717) is 18.5 Å². The highest BCUT2D eigenvalue weighted by atomic mass is 16.3. The van der Waals surface area contributed by atoms with Gasteiger partial charge in [0.1, 0.15) is 5.65 Å². The van der Waals surface area contributed by atoms with E-state index in [1.54, 1.807) is 0 Å². The molecule has 126 valence electrons. The van der Waals surface area contributed by atoms with Gasteiger partial charge in [0.15, 0.2) is 0 Å². The third-order valence-electron chi connectivity index (χ3n) is 5.10. The van der Waals surface area contributed by atoms with Crippen LogP contribution in [0.15, 0.2) is 30.9 Å². The van der Waals surface area contributed by atoms with E-state index in [-0.39, 0.29) is 6.61 Å². The lowest BCUT2D eigenvalue weighted by atomic mass is 9.82. The molecule has 3 aromatic heterocycles. The molecule has 0 unspecified atom stereocenters. The van der Waals surface area contributed by atoms with Crippen molar-refractivity contribution in [1.29, 1.82) is 0 Å². The van der Waals surface area contributed by atoms with Crippen LogP contribution in [-0.4, -0.2) is 44.5 Å². The number of aromatic amines is 2. The van der Waals surface area contributed by atoms with Crippen LogP contribution in [0, 0.1) is 0 Å². The molecular formula is C18H23N5O. The van der Waals surface area contributed by atoms with Crippen molar-refractivity contribution >= 4 is 11.0 Å². The van der Waals surface area contributed by atoms with Crippen LogP contribution >= 0.6 is 0 Å². The number of aliphatic hydroxyl groups excluding tert-OH is 1. The number of hydrogen-bond donors (Lipinski definition) is 4. The Morgan fingerprint density at radius 3 is 2.79 bits per heavy atom. The van der Waals surface area contributed by atoms with Crippen molar-refractivity contribution < 1.29 is 5.11 Å². The van der Waals surface area contributed by atoms with Gasteiger partial charge in [0.05, 0.1) is 12.8 Å². The Morgan fingerprint density at radius 2 is 2.04 bits per heavy atom. The molecule has 0 aliphatic heterocycles. The maximum Gasteiger partial charge on any atom is 0.137 e. The summed E-state index contributed by atoms with van der Waals surface area (Å²) < 4.78 is 0. The van der Waals surface area contributed by atoms with Gasteiger partial charge in [-0.3, -0.25) is 5.10 Å². The molecule has 0 bridgehead atoms. The van der Waals surface area contributed by atoms with Crippen molar-refractivity contribution in [1.82, 2.24) is 25.5 Å². The number of nitrogens with zero attached hydrogens (tertiary/aromatic N) is 2.